The second-order valence-electron chi connectivity index (χ2n) is 10.3. The van der Waals surface area contributed by atoms with E-state index in [-0.39, 0.29) is 5.41 Å². The van der Waals surface area contributed by atoms with E-state index in [1.807, 2.05) is 18.2 Å². The zero-order valence-corrected chi connectivity index (χ0v) is 19.6. The molecular formula is C22H31BrN2O4. The highest BCUT2D eigenvalue weighted by atomic mass is 79.9. The molecule has 1 aromatic carbocycles. The van der Waals surface area contributed by atoms with Gasteiger partial charge < -0.3 is 15.1 Å². The number of carboxylic acid groups (broad SMARTS) is 2. The summed E-state index contributed by atoms with van der Waals surface area (Å²) >= 11 is 3.72. The Morgan fingerprint density at radius 1 is 0.966 bits per heavy atom. The van der Waals surface area contributed by atoms with Crippen LogP contribution in [0.1, 0.15) is 59.9 Å². The van der Waals surface area contributed by atoms with Crippen molar-refractivity contribution >= 4 is 33.8 Å². The van der Waals surface area contributed by atoms with Gasteiger partial charge in [-0.05, 0) is 41.4 Å². The molecule has 2 heterocycles. The van der Waals surface area contributed by atoms with Crippen LogP contribution < -0.4 is 4.90 Å². The molecule has 7 heteroatoms. The van der Waals surface area contributed by atoms with Gasteiger partial charge in [-0.3, -0.25) is 4.90 Å². The number of fused-ring (bicyclic) bond motifs is 3. The zero-order valence-electron chi connectivity index (χ0n) is 18.0. The number of hydrogen-bond donors (Lipinski definition) is 2. The lowest BCUT2D eigenvalue weighted by Crippen LogP contribution is -2.70. The molecule has 6 nitrogen and oxygen atoms in total. The first-order valence-electron chi connectivity index (χ1n) is 10.0. The number of halogens is 1. The molecule has 1 saturated heterocycles. The van der Waals surface area contributed by atoms with Gasteiger partial charge in [-0.25, -0.2) is 9.59 Å². The summed E-state index contributed by atoms with van der Waals surface area (Å²) in [6, 6.07) is 5.73. The van der Waals surface area contributed by atoms with Crippen LogP contribution >= 0.6 is 15.9 Å². The van der Waals surface area contributed by atoms with Crippen LogP contribution in [0.4, 0.5) is 15.3 Å². The molecule has 160 valence electrons. The van der Waals surface area contributed by atoms with Gasteiger partial charge in [-0.2, -0.15) is 0 Å². The summed E-state index contributed by atoms with van der Waals surface area (Å²) in [5.41, 5.74) is -0.447. The minimum Gasteiger partial charge on any atom is -0.465 e. The van der Waals surface area contributed by atoms with E-state index in [9.17, 15) is 19.8 Å². The Morgan fingerprint density at radius 3 is 2.03 bits per heavy atom. The molecule has 3 rings (SSSR count). The molecule has 0 saturated carbocycles. The van der Waals surface area contributed by atoms with Gasteiger partial charge >= 0.3 is 12.2 Å². The number of nitrogens with zero attached hydrogens (tertiary/aromatic N) is 2. The smallest absolute Gasteiger partial charge is 0.412 e. The Balaban J connectivity index is 2.49. The van der Waals surface area contributed by atoms with Crippen LogP contribution in [0, 0.1) is 10.8 Å². The molecule has 2 N–H and O–H groups in total. The highest BCUT2D eigenvalue weighted by Gasteiger charge is 2.72. The molecule has 0 aromatic heterocycles. The first-order valence-corrected chi connectivity index (χ1v) is 10.8. The molecule has 2 amide bonds. The van der Waals surface area contributed by atoms with Gasteiger partial charge in [-0.1, -0.05) is 63.5 Å². The normalized spacial score (nSPS) is 27.3. The number of benzene rings is 1. The number of rotatable bonds is 0. The van der Waals surface area contributed by atoms with Crippen LogP contribution in [0.25, 0.3) is 0 Å². The summed E-state index contributed by atoms with van der Waals surface area (Å²) in [4.78, 5) is 27.6. The minimum absolute atomic E-state index is 0.305. The Kier molecular flexibility index (Phi) is 5.01. The highest BCUT2D eigenvalue weighted by Crippen LogP contribution is 2.69. The highest BCUT2D eigenvalue weighted by molar-refractivity contribution is 9.10. The third-order valence-electron chi connectivity index (χ3n) is 7.23. The predicted molar refractivity (Wildman–Crippen MR) is 117 cm³/mol. The quantitative estimate of drug-likeness (QED) is 0.506. The lowest BCUT2D eigenvalue weighted by atomic mass is 9.46. The van der Waals surface area contributed by atoms with E-state index in [0.29, 0.717) is 31.6 Å². The molecule has 0 spiro atoms. The average Bonchev–Trinajstić information content (AvgIpc) is 2.69. The number of anilines is 1. The second kappa shape index (κ2) is 6.62. The average molecular weight is 467 g/mol. The maximum Gasteiger partial charge on any atom is 0.412 e. The SMILES string of the molecule is CC(C)(C)C12CCN(C(=O)O)CCC1(C(C)(C)C)N(C(=O)O)c1cccc(Br)c12. The van der Waals surface area contributed by atoms with Crippen molar-refractivity contribution in [3.63, 3.8) is 0 Å². The first kappa shape index (κ1) is 21.9. The number of likely N-dealkylation sites (tertiary alicyclic amines) is 1. The summed E-state index contributed by atoms with van der Waals surface area (Å²) in [6.45, 7) is 13.4. The van der Waals surface area contributed by atoms with Gasteiger partial charge in [-0.15, -0.1) is 0 Å². The van der Waals surface area contributed by atoms with E-state index < -0.39 is 28.6 Å². The van der Waals surface area contributed by atoms with Gasteiger partial charge in [0.25, 0.3) is 0 Å². The van der Waals surface area contributed by atoms with Crippen molar-refractivity contribution in [3.8, 4) is 0 Å². The maximum atomic E-state index is 12.8. The fraction of sp³-hybridized carbons (Fsp3) is 0.636. The molecule has 2 aliphatic rings. The van der Waals surface area contributed by atoms with Crippen LogP contribution in [0.3, 0.4) is 0 Å². The molecular weight excluding hydrogens is 436 g/mol. The first-order chi connectivity index (χ1) is 13.2. The Morgan fingerprint density at radius 2 is 1.55 bits per heavy atom. The van der Waals surface area contributed by atoms with Crippen LogP contribution in [0.15, 0.2) is 22.7 Å². The number of hydrogen-bond acceptors (Lipinski definition) is 2. The topological polar surface area (TPSA) is 81.1 Å². The van der Waals surface area contributed by atoms with E-state index in [0.717, 1.165) is 10.0 Å². The lowest BCUT2D eigenvalue weighted by Gasteiger charge is -2.60. The van der Waals surface area contributed by atoms with Gasteiger partial charge in [0.15, 0.2) is 0 Å². The Bertz CT molecular complexity index is 857. The van der Waals surface area contributed by atoms with Crippen LogP contribution in [0.5, 0.6) is 0 Å². The summed E-state index contributed by atoms with van der Waals surface area (Å²) in [6.07, 6.45) is -0.950. The fourth-order valence-corrected chi connectivity index (χ4v) is 6.97. The minimum atomic E-state index is -0.992. The second-order valence-corrected chi connectivity index (χ2v) is 11.1. The van der Waals surface area contributed by atoms with Gasteiger partial charge in [0.05, 0.1) is 11.2 Å². The van der Waals surface area contributed by atoms with Crippen molar-refractivity contribution in [2.75, 3.05) is 18.0 Å². The molecule has 2 atom stereocenters. The van der Waals surface area contributed by atoms with Crippen molar-refractivity contribution in [1.82, 2.24) is 4.90 Å². The summed E-state index contributed by atoms with van der Waals surface area (Å²) < 4.78 is 0.881. The standard InChI is InChI=1S/C22H31BrN2O4/c1-19(2,3)21-10-12-24(17(26)27)13-11-22(21,20(4,5)6)25(18(28)29)15-9-7-8-14(23)16(15)21/h7-9H,10-13H2,1-6H3,(H,26,27)(H,28,29). The van der Waals surface area contributed by atoms with E-state index in [1.54, 1.807) is 4.90 Å². The van der Waals surface area contributed by atoms with E-state index in [4.69, 9.17) is 0 Å². The van der Waals surface area contributed by atoms with E-state index in [2.05, 4.69) is 57.5 Å². The van der Waals surface area contributed by atoms with E-state index >= 15 is 0 Å². The van der Waals surface area contributed by atoms with Crippen LogP contribution in [-0.4, -0.2) is 45.9 Å². The molecule has 29 heavy (non-hydrogen) atoms. The summed E-state index contributed by atoms with van der Waals surface area (Å²) in [5.74, 6) is 0. The van der Waals surface area contributed by atoms with Crippen molar-refractivity contribution in [1.29, 1.82) is 0 Å². The molecule has 1 fully saturated rings. The molecule has 1 aromatic rings. The molecule has 2 unspecified atom stereocenters. The monoisotopic (exact) mass is 466 g/mol. The van der Waals surface area contributed by atoms with Crippen molar-refractivity contribution in [2.45, 2.75) is 65.3 Å². The third kappa shape index (κ3) is 2.72. The van der Waals surface area contributed by atoms with Gasteiger partial charge in [0.2, 0.25) is 0 Å². The molecule has 0 radical (unpaired) electrons. The van der Waals surface area contributed by atoms with E-state index in [1.165, 1.54) is 4.90 Å². The maximum absolute atomic E-state index is 12.8. The Labute approximate surface area is 181 Å². The van der Waals surface area contributed by atoms with Crippen LogP contribution in [0.2, 0.25) is 0 Å². The molecule has 0 aliphatic carbocycles. The van der Waals surface area contributed by atoms with Crippen molar-refractivity contribution in [3.05, 3.63) is 28.2 Å². The third-order valence-corrected chi connectivity index (χ3v) is 7.89. The van der Waals surface area contributed by atoms with Gasteiger partial charge in [0.1, 0.15) is 0 Å². The van der Waals surface area contributed by atoms with Gasteiger partial charge in [0, 0.05) is 23.0 Å². The molecule has 2 aliphatic heterocycles. The molecule has 0 bridgehead atoms. The predicted octanol–water partition coefficient (Wildman–Crippen LogP) is 5.79. The lowest BCUT2D eigenvalue weighted by molar-refractivity contribution is 0.00677. The van der Waals surface area contributed by atoms with Crippen molar-refractivity contribution in [2.24, 2.45) is 10.8 Å². The van der Waals surface area contributed by atoms with Crippen LogP contribution in [-0.2, 0) is 5.41 Å². The largest absolute Gasteiger partial charge is 0.465 e. The number of amides is 2. The summed E-state index contributed by atoms with van der Waals surface area (Å²) in [5, 5.41) is 20.2. The zero-order chi connectivity index (χ0) is 22.0. The number of carbonyl (C=O) groups is 2. The van der Waals surface area contributed by atoms with Crippen molar-refractivity contribution < 1.29 is 19.8 Å². The summed E-state index contributed by atoms with van der Waals surface area (Å²) in [7, 11) is 0. The fourth-order valence-electron chi connectivity index (χ4n) is 6.27. The Hall–Kier alpha value is -1.76.